The van der Waals surface area contributed by atoms with Gasteiger partial charge in [-0.1, -0.05) is 6.07 Å². The lowest BCUT2D eigenvalue weighted by molar-refractivity contribution is -0.384. The number of nitrogens with one attached hydrogen (secondary N) is 2. The number of benzene rings is 2. The maximum atomic E-state index is 12.9. The number of hydrazone groups is 1. The first-order valence-corrected chi connectivity index (χ1v) is 12.5. The minimum absolute atomic E-state index is 0.0156. The van der Waals surface area contributed by atoms with Crippen molar-refractivity contribution in [2.75, 3.05) is 5.32 Å². The molecule has 1 amide bonds. The second-order valence-electron chi connectivity index (χ2n) is 8.71. The lowest BCUT2D eigenvalue weighted by atomic mass is 10.1. The Kier molecular flexibility index (Phi) is 7.81. The van der Waals surface area contributed by atoms with Gasteiger partial charge in [0.2, 0.25) is 5.91 Å². The number of carbonyl (C=O) groups is 1. The van der Waals surface area contributed by atoms with Crippen LogP contribution in [-0.4, -0.2) is 26.6 Å². The highest BCUT2D eigenvalue weighted by atomic mass is 32.1. The molecule has 4 aromatic rings. The first-order chi connectivity index (χ1) is 18.4. The molecule has 0 saturated carbocycles. The minimum atomic E-state index is -4.45. The summed E-state index contributed by atoms with van der Waals surface area (Å²) in [7, 11) is 0. The van der Waals surface area contributed by atoms with Crippen LogP contribution in [0, 0.1) is 30.9 Å². The maximum Gasteiger partial charge on any atom is 0.416 e. The van der Waals surface area contributed by atoms with Gasteiger partial charge in [-0.15, -0.1) is 11.3 Å². The largest absolute Gasteiger partial charge is 0.416 e. The molecule has 2 aromatic carbocycles. The second kappa shape index (κ2) is 11.1. The van der Waals surface area contributed by atoms with Crippen molar-refractivity contribution in [2.24, 2.45) is 5.10 Å². The lowest BCUT2D eigenvalue weighted by Gasteiger charge is -2.12. The minimum Gasteiger partial charge on any atom is -0.332 e. The molecule has 4 rings (SSSR count). The van der Waals surface area contributed by atoms with Crippen LogP contribution in [0.1, 0.15) is 33.8 Å². The Morgan fingerprint density at radius 2 is 1.95 bits per heavy atom. The van der Waals surface area contributed by atoms with Gasteiger partial charge in [-0.3, -0.25) is 14.9 Å². The van der Waals surface area contributed by atoms with Crippen LogP contribution in [0.4, 0.5) is 29.7 Å². The van der Waals surface area contributed by atoms with Crippen LogP contribution >= 0.6 is 11.3 Å². The molecular weight excluding hydrogens is 533 g/mol. The van der Waals surface area contributed by atoms with Crippen molar-refractivity contribution in [3.63, 3.8) is 0 Å². The van der Waals surface area contributed by atoms with Crippen LogP contribution in [0.5, 0.6) is 0 Å². The third-order valence-corrected chi connectivity index (χ3v) is 6.64. The number of alkyl halides is 3. The molecule has 0 fully saturated rings. The molecule has 39 heavy (non-hydrogen) atoms. The second-order valence-corrected chi connectivity index (χ2v) is 9.57. The SMILES string of the molecule is Cc1cc([N+](=O)[O-])ccc1-n1c(C)cc(/C=N\NC(=O)Cc2csc(Nc3cccc(C(F)(F)F)c3)n2)c1C. The number of halogens is 3. The van der Waals surface area contributed by atoms with Crippen molar-refractivity contribution < 1.29 is 22.9 Å². The summed E-state index contributed by atoms with van der Waals surface area (Å²) >= 11 is 1.17. The molecule has 13 heteroatoms. The summed E-state index contributed by atoms with van der Waals surface area (Å²) in [5, 5.41) is 19.9. The molecule has 0 spiro atoms. The van der Waals surface area contributed by atoms with Crippen LogP contribution in [0.2, 0.25) is 0 Å². The van der Waals surface area contributed by atoms with Gasteiger partial charge in [0, 0.05) is 45.8 Å². The number of rotatable bonds is 8. The van der Waals surface area contributed by atoms with E-state index in [2.05, 4.69) is 20.8 Å². The van der Waals surface area contributed by atoms with Crippen molar-refractivity contribution in [2.45, 2.75) is 33.4 Å². The van der Waals surface area contributed by atoms with Gasteiger partial charge in [0.25, 0.3) is 5.69 Å². The molecule has 0 atom stereocenters. The van der Waals surface area contributed by atoms with E-state index >= 15 is 0 Å². The average Bonchev–Trinajstić information content (AvgIpc) is 3.41. The zero-order valence-corrected chi connectivity index (χ0v) is 21.9. The third kappa shape index (κ3) is 6.49. The van der Waals surface area contributed by atoms with E-state index in [0.29, 0.717) is 10.8 Å². The van der Waals surface area contributed by atoms with Gasteiger partial charge in [-0.25, -0.2) is 10.4 Å². The fourth-order valence-corrected chi connectivity index (χ4v) is 4.74. The number of non-ortho nitro benzene ring substituents is 1. The monoisotopic (exact) mass is 556 g/mol. The van der Waals surface area contributed by atoms with Crippen LogP contribution in [0.25, 0.3) is 5.69 Å². The fraction of sp³-hybridized carbons (Fsp3) is 0.192. The number of aromatic nitrogens is 2. The Labute approximate surface area is 225 Å². The predicted molar refractivity (Wildman–Crippen MR) is 143 cm³/mol. The topological polar surface area (TPSA) is 114 Å². The lowest BCUT2D eigenvalue weighted by Crippen LogP contribution is -2.20. The summed E-state index contributed by atoms with van der Waals surface area (Å²) < 4.78 is 40.7. The molecule has 0 unspecified atom stereocenters. The van der Waals surface area contributed by atoms with Crippen molar-refractivity contribution in [1.82, 2.24) is 15.0 Å². The third-order valence-electron chi connectivity index (χ3n) is 5.83. The summed E-state index contributed by atoms with van der Waals surface area (Å²) in [6.07, 6.45) is -3.01. The van der Waals surface area contributed by atoms with Gasteiger partial charge in [0.1, 0.15) is 0 Å². The first-order valence-electron chi connectivity index (χ1n) is 11.6. The molecule has 0 saturated heterocycles. The van der Waals surface area contributed by atoms with Gasteiger partial charge < -0.3 is 9.88 Å². The van der Waals surface area contributed by atoms with Crippen LogP contribution in [-0.2, 0) is 17.4 Å². The summed E-state index contributed by atoms with van der Waals surface area (Å²) in [5.41, 5.74) is 6.41. The number of anilines is 2. The Morgan fingerprint density at radius 3 is 2.64 bits per heavy atom. The van der Waals surface area contributed by atoms with E-state index in [4.69, 9.17) is 0 Å². The number of nitro groups is 1. The normalized spacial score (nSPS) is 11.6. The van der Waals surface area contributed by atoms with Gasteiger partial charge in [-0.2, -0.15) is 18.3 Å². The van der Waals surface area contributed by atoms with E-state index in [1.165, 1.54) is 41.8 Å². The van der Waals surface area contributed by atoms with E-state index in [0.717, 1.165) is 40.3 Å². The number of aryl methyl sites for hydroxylation is 2. The summed E-state index contributed by atoms with van der Waals surface area (Å²) in [4.78, 5) is 27.2. The van der Waals surface area contributed by atoms with Crippen molar-refractivity contribution in [3.8, 4) is 5.69 Å². The highest BCUT2D eigenvalue weighted by molar-refractivity contribution is 7.13. The number of thiazole rings is 1. The number of nitrogens with zero attached hydrogens (tertiary/aromatic N) is 4. The van der Waals surface area contributed by atoms with Crippen molar-refractivity contribution in [3.05, 3.63) is 97.8 Å². The van der Waals surface area contributed by atoms with Crippen LogP contribution in [0.3, 0.4) is 0 Å². The van der Waals surface area contributed by atoms with Gasteiger partial charge >= 0.3 is 6.18 Å². The molecule has 202 valence electrons. The van der Waals surface area contributed by atoms with E-state index in [-0.39, 0.29) is 17.8 Å². The van der Waals surface area contributed by atoms with Gasteiger partial charge in [-0.05, 0) is 56.7 Å². The molecule has 9 nitrogen and oxygen atoms in total. The smallest absolute Gasteiger partial charge is 0.332 e. The Balaban J connectivity index is 1.38. The average molecular weight is 557 g/mol. The maximum absolute atomic E-state index is 12.9. The molecule has 0 bridgehead atoms. The number of carbonyl (C=O) groups excluding carboxylic acids is 1. The molecule has 2 aromatic heterocycles. The predicted octanol–water partition coefficient (Wildman–Crippen LogP) is 6.22. The number of amides is 1. The fourth-order valence-electron chi connectivity index (χ4n) is 4.01. The standard InChI is InChI=1S/C26H23F3N6O3S/c1-15-9-22(35(37)38)7-8-23(15)34-16(2)10-18(17(34)3)13-30-33-24(36)12-21-14-39-25(32-21)31-20-6-4-5-19(11-20)26(27,28)29/h4-11,13-14H,12H2,1-3H3,(H,31,32)(H,33,36)/b30-13-. The Hall–Kier alpha value is -4.52. The van der Waals surface area contributed by atoms with Crippen LogP contribution in [0.15, 0.2) is 59.0 Å². The molecule has 0 radical (unpaired) electrons. The molecule has 0 aliphatic carbocycles. The van der Waals surface area contributed by atoms with Crippen molar-refractivity contribution >= 4 is 40.0 Å². The zero-order valence-electron chi connectivity index (χ0n) is 21.0. The Bertz CT molecular complexity index is 1580. The van der Waals surface area contributed by atoms with E-state index in [1.807, 2.05) is 24.5 Å². The van der Waals surface area contributed by atoms with Crippen molar-refractivity contribution in [1.29, 1.82) is 0 Å². The molecular formula is C26H23F3N6O3S. The summed E-state index contributed by atoms with van der Waals surface area (Å²) in [5.74, 6) is -0.415. The Morgan fingerprint density at radius 1 is 1.18 bits per heavy atom. The van der Waals surface area contributed by atoms with E-state index < -0.39 is 22.6 Å². The van der Waals surface area contributed by atoms with E-state index in [9.17, 15) is 28.1 Å². The number of nitro benzene ring substituents is 1. The van der Waals surface area contributed by atoms with Gasteiger partial charge in [0.05, 0.1) is 28.8 Å². The highest BCUT2D eigenvalue weighted by Gasteiger charge is 2.30. The number of hydrogen-bond acceptors (Lipinski definition) is 7. The zero-order chi connectivity index (χ0) is 28.3. The molecule has 0 aliphatic heterocycles. The van der Waals surface area contributed by atoms with Gasteiger partial charge in [0.15, 0.2) is 5.13 Å². The number of hydrogen-bond donors (Lipinski definition) is 2. The molecule has 2 N–H and O–H groups in total. The van der Waals surface area contributed by atoms with Crippen LogP contribution < -0.4 is 10.7 Å². The first kappa shape index (κ1) is 27.5. The quantitative estimate of drug-likeness (QED) is 0.152. The molecule has 0 aliphatic rings. The van der Waals surface area contributed by atoms with E-state index in [1.54, 1.807) is 18.4 Å². The molecule has 2 heterocycles. The summed E-state index contributed by atoms with van der Waals surface area (Å²) in [6.45, 7) is 5.58. The summed E-state index contributed by atoms with van der Waals surface area (Å²) in [6, 6.07) is 11.3. The highest BCUT2D eigenvalue weighted by Crippen LogP contribution is 2.32.